The minimum Gasteiger partial charge on any atom is -0.493 e. The van der Waals surface area contributed by atoms with Gasteiger partial charge in [-0.2, -0.15) is 0 Å². The summed E-state index contributed by atoms with van der Waals surface area (Å²) in [5.41, 5.74) is 7.17. The van der Waals surface area contributed by atoms with Crippen LogP contribution in [0.1, 0.15) is 24.8 Å². The van der Waals surface area contributed by atoms with Gasteiger partial charge in [-0.1, -0.05) is 18.2 Å². The molecule has 0 aromatic heterocycles. The molecule has 0 fully saturated rings. The van der Waals surface area contributed by atoms with Crippen molar-refractivity contribution in [3.63, 3.8) is 0 Å². The van der Waals surface area contributed by atoms with E-state index in [0.29, 0.717) is 5.92 Å². The van der Waals surface area contributed by atoms with Gasteiger partial charge >= 0.3 is 0 Å². The molecule has 94 valence electrons. The Morgan fingerprint density at radius 1 is 1.47 bits per heavy atom. The van der Waals surface area contributed by atoms with Crippen LogP contribution in [-0.2, 0) is 0 Å². The lowest BCUT2D eigenvalue weighted by Crippen LogP contribution is -2.36. The van der Waals surface area contributed by atoms with Crippen molar-refractivity contribution in [1.82, 2.24) is 4.90 Å². The molecule has 0 saturated heterocycles. The third-order valence-corrected chi connectivity index (χ3v) is 3.21. The number of hydrogen-bond acceptors (Lipinski definition) is 3. The lowest BCUT2D eigenvalue weighted by Gasteiger charge is -2.30. The molecule has 0 radical (unpaired) electrons. The maximum Gasteiger partial charge on any atom is 0.122 e. The minimum atomic E-state index is 0.232. The van der Waals surface area contributed by atoms with Crippen LogP contribution in [0.3, 0.4) is 0 Å². The molecule has 0 saturated carbocycles. The molecule has 2 atom stereocenters. The molecule has 1 heterocycles. The number of nitrogens with two attached hydrogens (primary N) is 1. The first-order valence-corrected chi connectivity index (χ1v) is 6.32. The predicted molar refractivity (Wildman–Crippen MR) is 70.4 cm³/mol. The van der Waals surface area contributed by atoms with E-state index in [4.69, 9.17) is 10.5 Å². The zero-order chi connectivity index (χ0) is 12.3. The Morgan fingerprint density at radius 2 is 2.24 bits per heavy atom. The Balaban J connectivity index is 2.03. The van der Waals surface area contributed by atoms with E-state index < -0.39 is 0 Å². The van der Waals surface area contributed by atoms with Gasteiger partial charge in [0.25, 0.3) is 0 Å². The van der Waals surface area contributed by atoms with Gasteiger partial charge in [0.1, 0.15) is 5.75 Å². The number of benzene rings is 1. The predicted octanol–water partition coefficient (Wildman–Crippen LogP) is 1.83. The Morgan fingerprint density at radius 3 is 3.00 bits per heavy atom. The second-order valence-electron chi connectivity index (χ2n) is 5.07. The van der Waals surface area contributed by atoms with Gasteiger partial charge in [-0.05, 0) is 32.0 Å². The van der Waals surface area contributed by atoms with Crippen molar-refractivity contribution in [2.45, 2.75) is 25.3 Å². The lowest BCUT2D eigenvalue weighted by molar-refractivity contribution is 0.228. The molecule has 3 nitrogen and oxygen atoms in total. The molecule has 2 unspecified atom stereocenters. The van der Waals surface area contributed by atoms with E-state index in [2.05, 4.69) is 37.1 Å². The van der Waals surface area contributed by atoms with Gasteiger partial charge in [-0.25, -0.2) is 0 Å². The van der Waals surface area contributed by atoms with Gasteiger partial charge in [0.15, 0.2) is 0 Å². The Hall–Kier alpha value is -1.06. The SMILES string of the molecule is CC(N)CN(C)CC1CCOc2ccccc21. The summed E-state index contributed by atoms with van der Waals surface area (Å²) in [5.74, 6) is 1.63. The first kappa shape index (κ1) is 12.4. The van der Waals surface area contributed by atoms with E-state index in [1.807, 2.05) is 6.07 Å². The fourth-order valence-corrected chi connectivity index (χ4v) is 2.55. The van der Waals surface area contributed by atoms with E-state index in [0.717, 1.165) is 31.9 Å². The van der Waals surface area contributed by atoms with E-state index in [1.54, 1.807) is 0 Å². The summed E-state index contributed by atoms with van der Waals surface area (Å²) in [6.07, 6.45) is 1.10. The van der Waals surface area contributed by atoms with Crippen molar-refractivity contribution in [1.29, 1.82) is 0 Å². The summed E-state index contributed by atoms with van der Waals surface area (Å²) in [7, 11) is 2.14. The fraction of sp³-hybridized carbons (Fsp3) is 0.571. The molecule has 0 aliphatic carbocycles. The van der Waals surface area contributed by atoms with Gasteiger partial charge < -0.3 is 15.4 Å². The number of para-hydroxylation sites is 1. The van der Waals surface area contributed by atoms with Gasteiger partial charge in [0, 0.05) is 25.0 Å². The molecule has 0 spiro atoms. The van der Waals surface area contributed by atoms with Crippen LogP contribution in [0.5, 0.6) is 5.75 Å². The summed E-state index contributed by atoms with van der Waals surface area (Å²) in [5, 5.41) is 0. The quantitative estimate of drug-likeness (QED) is 0.864. The second-order valence-corrected chi connectivity index (χ2v) is 5.07. The second kappa shape index (κ2) is 5.52. The zero-order valence-corrected chi connectivity index (χ0v) is 10.7. The largest absolute Gasteiger partial charge is 0.493 e. The third-order valence-electron chi connectivity index (χ3n) is 3.21. The van der Waals surface area contributed by atoms with E-state index in [1.165, 1.54) is 5.56 Å². The standard InChI is InChI=1S/C14H22N2O/c1-11(15)9-16(2)10-12-7-8-17-14-6-4-3-5-13(12)14/h3-6,11-12H,7-10,15H2,1-2H3. The molecular weight excluding hydrogens is 212 g/mol. The van der Waals surface area contributed by atoms with Crippen LogP contribution in [0.4, 0.5) is 0 Å². The van der Waals surface area contributed by atoms with Crippen LogP contribution in [0.2, 0.25) is 0 Å². The number of likely N-dealkylation sites (N-methyl/N-ethyl adjacent to an activating group) is 1. The summed E-state index contributed by atoms with van der Waals surface area (Å²) in [6.45, 7) is 4.88. The number of ether oxygens (including phenoxy) is 1. The van der Waals surface area contributed by atoms with Crippen molar-refractivity contribution >= 4 is 0 Å². The molecule has 17 heavy (non-hydrogen) atoms. The van der Waals surface area contributed by atoms with Crippen molar-refractivity contribution in [2.75, 3.05) is 26.7 Å². The Bertz CT molecular complexity index is 365. The van der Waals surface area contributed by atoms with Crippen LogP contribution < -0.4 is 10.5 Å². The Kier molecular flexibility index (Phi) is 4.02. The molecule has 1 aromatic carbocycles. The molecule has 0 bridgehead atoms. The molecular formula is C14H22N2O. The van der Waals surface area contributed by atoms with E-state index in [-0.39, 0.29) is 6.04 Å². The molecule has 2 N–H and O–H groups in total. The van der Waals surface area contributed by atoms with Gasteiger partial charge in [0.2, 0.25) is 0 Å². The van der Waals surface area contributed by atoms with Gasteiger partial charge in [-0.15, -0.1) is 0 Å². The van der Waals surface area contributed by atoms with Crippen LogP contribution in [0.25, 0.3) is 0 Å². The van der Waals surface area contributed by atoms with Gasteiger partial charge in [-0.3, -0.25) is 0 Å². The average molecular weight is 234 g/mol. The van der Waals surface area contributed by atoms with Crippen molar-refractivity contribution < 1.29 is 4.74 Å². The maximum atomic E-state index is 5.83. The molecule has 2 rings (SSSR count). The normalized spacial score (nSPS) is 20.8. The molecule has 0 amide bonds. The monoisotopic (exact) mass is 234 g/mol. The number of hydrogen-bond donors (Lipinski definition) is 1. The highest BCUT2D eigenvalue weighted by Crippen LogP contribution is 2.33. The topological polar surface area (TPSA) is 38.5 Å². The van der Waals surface area contributed by atoms with Crippen LogP contribution in [0, 0.1) is 0 Å². The van der Waals surface area contributed by atoms with Crippen molar-refractivity contribution in [3.05, 3.63) is 29.8 Å². The summed E-state index contributed by atoms with van der Waals surface area (Å²) >= 11 is 0. The third kappa shape index (κ3) is 3.20. The summed E-state index contributed by atoms with van der Waals surface area (Å²) in [4.78, 5) is 2.32. The van der Waals surface area contributed by atoms with Crippen LogP contribution in [0.15, 0.2) is 24.3 Å². The molecule has 1 aliphatic heterocycles. The van der Waals surface area contributed by atoms with E-state index >= 15 is 0 Å². The van der Waals surface area contributed by atoms with Crippen molar-refractivity contribution in [3.8, 4) is 5.75 Å². The average Bonchev–Trinajstić information content (AvgIpc) is 2.28. The number of nitrogens with zero attached hydrogens (tertiary/aromatic N) is 1. The number of fused-ring (bicyclic) bond motifs is 1. The highest BCUT2D eigenvalue weighted by molar-refractivity contribution is 5.37. The summed E-state index contributed by atoms with van der Waals surface area (Å²) < 4.78 is 5.67. The fourth-order valence-electron chi connectivity index (χ4n) is 2.55. The highest BCUT2D eigenvalue weighted by Gasteiger charge is 2.22. The number of rotatable bonds is 4. The lowest BCUT2D eigenvalue weighted by atomic mass is 9.92. The van der Waals surface area contributed by atoms with Crippen molar-refractivity contribution in [2.24, 2.45) is 5.73 Å². The van der Waals surface area contributed by atoms with Gasteiger partial charge in [0.05, 0.1) is 6.61 Å². The smallest absolute Gasteiger partial charge is 0.122 e. The van der Waals surface area contributed by atoms with Crippen LogP contribution in [-0.4, -0.2) is 37.7 Å². The Labute approximate surface area is 104 Å². The molecule has 1 aromatic rings. The molecule has 3 heteroatoms. The maximum absolute atomic E-state index is 5.83. The zero-order valence-electron chi connectivity index (χ0n) is 10.7. The molecule has 1 aliphatic rings. The van der Waals surface area contributed by atoms with E-state index in [9.17, 15) is 0 Å². The minimum absolute atomic E-state index is 0.232. The highest BCUT2D eigenvalue weighted by atomic mass is 16.5. The first-order valence-electron chi connectivity index (χ1n) is 6.32. The summed E-state index contributed by atoms with van der Waals surface area (Å²) in [6, 6.07) is 8.60. The first-order chi connectivity index (χ1) is 8.16. The van der Waals surface area contributed by atoms with Crippen LogP contribution >= 0.6 is 0 Å².